The normalized spacial score (nSPS) is 11.9. The van der Waals surface area contributed by atoms with Crippen molar-refractivity contribution in [2.45, 2.75) is 64.5 Å². The Balaban J connectivity index is 1.14. The Morgan fingerprint density at radius 1 is 0.841 bits per heavy atom. The summed E-state index contributed by atoms with van der Waals surface area (Å²) in [6, 6.07) is 20.3. The maximum Gasteiger partial charge on any atom is 0.219 e. The molecule has 1 aromatic heterocycles. The van der Waals surface area contributed by atoms with Gasteiger partial charge in [-0.25, -0.2) is 0 Å². The lowest BCUT2D eigenvalue weighted by atomic mass is 10.2. The number of aromatic nitrogens is 1. The van der Waals surface area contributed by atoms with Crippen LogP contribution in [0.2, 0.25) is 0 Å². The molecule has 0 bridgehead atoms. The molecule has 236 valence electrons. The molecule has 0 aliphatic heterocycles. The maximum absolute atomic E-state index is 12.0. The van der Waals surface area contributed by atoms with Gasteiger partial charge in [0.05, 0.1) is 19.3 Å². The summed E-state index contributed by atoms with van der Waals surface area (Å²) < 4.78 is 10.2. The third-order valence-corrected chi connectivity index (χ3v) is 8.41. The number of nitrogens with zero attached hydrogens (tertiary/aromatic N) is 1. The second-order valence-electron chi connectivity index (χ2n) is 11.0. The molecule has 0 saturated carbocycles. The van der Waals surface area contributed by atoms with E-state index in [0.29, 0.717) is 39.2 Å². The molecule has 1 atom stereocenters. The fourth-order valence-corrected chi connectivity index (χ4v) is 5.94. The van der Waals surface area contributed by atoms with Gasteiger partial charge in [0, 0.05) is 75.5 Å². The molecule has 0 radical (unpaired) electrons. The summed E-state index contributed by atoms with van der Waals surface area (Å²) in [7, 11) is 0. The number of aliphatic hydroxyl groups excluding tert-OH is 1. The summed E-state index contributed by atoms with van der Waals surface area (Å²) in [5.74, 6) is 0.863. The number of fused-ring (bicyclic) bond motifs is 3. The van der Waals surface area contributed by atoms with Crippen molar-refractivity contribution in [3.05, 3.63) is 69.6 Å². The number of amides is 2. The Labute approximate surface area is 276 Å². The monoisotopic (exact) mass is 728 g/mol. The number of nitrogens with one attached hydrogen (secondary N) is 3. The molecule has 3 aromatic carbocycles. The minimum absolute atomic E-state index is 0.0134. The van der Waals surface area contributed by atoms with Gasteiger partial charge in [-0.05, 0) is 80.6 Å². The second-order valence-corrected chi connectivity index (χ2v) is 12.9. The minimum Gasteiger partial charge on any atom is -0.494 e. The van der Waals surface area contributed by atoms with Crippen molar-refractivity contribution in [1.29, 1.82) is 0 Å². The molecule has 0 spiro atoms. The first-order valence-corrected chi connectivity index (χ1v) is 16.9. The zero-order valence-corrected chi connectivity index (χ0v) is 28.4. The molecule has 4 aromatic rings. The van der Waals surface area contributed by atoms with Gasteiger partial charge >= 0.3 is 0 Å². The molecule has 0 aliphatic carbocycles. The van der Waals surface area contributed by atoms with Gasteiger partial charge in [0.1, 0.15) is 5.75 Å². The summed E-state index contributed by atoms with van der Waals surface area (Å²) in [5.41, 5.74) is 3.07. The predicted octanol–water partition coefficient (Wildman–Crippen LogP) is 7.15. The Bertz CT molecular complexity index is 1480. The van der Waals surface area contributed by atoms with Gasteiger partial charge in [-0.3, -0.25) is 9.59 Å². The fraction of sp³-hybridized carbons (Fsp3) is 0.412. The molecule has 1 heterocycles. The lowest BCUT2D eigenvalue weighted by molar-refractivity contribution is -0.121. The number of hydrogen-bond donors (Lipinski definition) is 4. The van der Waals surface area contributed by atoms with Crippen LogP contribution in [0, 0.1) is 0 Å². The van der Waals surface area contributed by atoms with Gasteiger partial charge in [0.25, 0.3) is 0 Å². The molecule has 0 aliphatic rings. The van der Waals surface area contributed by atoms with Gasteiger partial charge in [-0.15, -0.1) is 0 Å². The summed E-state index contributed by atoms with van der Waals surface area (Å²) in [6.07, 6.45) is 5.39. The number of rotatable bonds is 18. The number of carbonyl (C=O) groups is 2. The molecule has 44 heavy (non-hydrogen) atoms. The maximum atomic E-state index is 12.0. The van der Waals surface area contributed by atoms with E-state index in [2.05, 4.69) is 76.6 Å². The van der Waals surface area contributed by atoms with E-state index in [1.165, 1.54) is 6.92 Å². The zero-order chi connectivity index (χ0) is 31.3. The van der Waals surface area contributed by atoms with Crippen molar-refractivity contribution in [3.8, 4) is 5.75 Å². The Hall–Kier alpha value is -3.08. The smallest absolute Gasteiger partial charge is 0.219 e. The standard InChI is InChI=1S/C34H42Br2N4O4/c1-24(41)37-16-5-2-4-11-34(43)38-17-6-3-7-18-44-29-10-8-9-27(21-29)39-22-28(42)23-40-32-14-12-25(35)19-30(32)31-20-26(36)13-15-33(31)40/h8-10,12-15,19-21,28,39,42H,2-7,11,16-18,22-23H2,1H3,(H,37,41)(H,38,43). The second kappa shape index (κ2) is 17.4. The van der Waals surface area contributed by atoms with E-state index < -0.39 is 6.10 Å². The van der Waals surface area contributed by atoms with Crippen molar-refractivity contribution in [2.75, 3.05) is 31.6 Å². The van der Waals surface area contributed by atoms with Crippen LogP contribution in [0.25, 0.3) is 21.8 Å². The third-order valence-electron chi connectivity index (χ3n) is 7.42. The molecule has 8 nitrogen and oxygen atoms in total. The molecule has 0 fully saturated rings. The van der Waals surface area contributed by atoms with Gasteiger partial charge < -0.3 is 30.4 Å². The van der Waals surface area contributed by atoms with Crippen LogP contribution in [0.3, 0.4) is 0 Å². The van der Waals surface area contributed by atoms with Crippen molar-refractivity contribution >= 4 is 71.2 Å². The number of benzene rings is 3. The van der Waals surface area contributed by atoms with Crippen LogP contribution in [0.1, 0.15) is 51.9 Å². The Morgan fingerprint density at radius 3 is 2.18 bits per heavy atom. The van der Waals surface area contributed by atoms with E-state index in [0.717, 1.165) is 80.7 Å². The summed E-state index contributed by atoms with van der Waals surface area (Å²) in [6.45, 7) is 4.33. The molecule has 1 unspecified atom stereocenters. The number of carbonyl (C=O) groups excluding carboxylic acids is 2. The van der Waals surface area contributed by atoms with E-state index in [-0.39, 0.29) is 11.8 Å². The first-order valence-electron chi connectivity index (χ1n) is 15.3. The summed E-state index contributed by atoms with van der Waals surface area (Å²) >= 11 is 7.18. The van der Waals surface area contributed by atoms with Crippen LogP contribution in [-0.4, -0.2) is 53.8 Å². The quantitative estimate of drug-likeness (QED) is 0.0815. The van der Waals surface area contributed by atoms with E-state index in [1.54, 1.807) is 0 Å². The number of halogens is 2. The van der Waals surface area contributed by atoms with Crippen LogP contribution >= 0.6 is 31.9 Å². The highest BCUT2D eigenvalue weighted by molar-refractivity contribution is 9.10. The first kappa shape index (κ1) is 33.8. The fourth-order valence-electron chi connectivity index (χ4n) is 5.21. The van der Waals surface area contributed by atoms with E-state index in [1.807, 2.05) is 36.4 Å². The van der Waals surface area contributed by atoms with Crippen molar-refractivity contribution in [1.82, 2.24) is 15.2 Å². The first-order chi connectivity index (χ1) is 21.3. The highest BCUT2D eigenvalue weighted by Gasteiger charge is 2.15. The van der Waals surface area contributed by atoms with E-state index in [4.69, 9.17) is 4.74 Å². The van der Waals surface area contributed by atoms with Crippen LogP contribution in [-0.2, 0) is 16.1 Å². The summed E-state index contributed by atoms with van der Waals surface area (Å²) in [5, 5.41) is 22.4. The van der Waals surface area contributed by atoms with Gasteiger partial charge in [-0.2, -0.15) is 0 Å². The molecular weight excluding hydrogens is 688 g/mol. The van der Waals surface area contributed by atoms with E-state index in [9.17, 15) is 14.7 Å². The summed E-state index contributed by atoms with van der Waals surface area (Å²) in [4.78, 5) is 22.8. The highest BCUT2D eigenvalue weighted by Crippen LogP contribution is 2.33. The Kier molecular flexibility index (Phi) is 13.4. The van der Waals surface area contributed by atoms with Crippen LogP contribution < -0.4 is 20.7 Å². The van der Waals surface area contributed by atoms with Crippen molar-refractivity contribution in [3.63, 3.8) is 0 Å². The SMILES string of the molecule is CC(=O)NCCCCCC(=O)NCCCCCOc1cccc(NCC(O)Cn2c3ccc(Br)cc3c3cc(Br)ccc32)c1. The van der Waals surface area contributed by atoms with Gasteiger partial charge in [-0.1, -0.05) is 44.3 Å². The average molecular weight is 731 g/mol. The van der Waals surface area contributed by atoms with Gasteiger partial charge in [0.15, 0.2) is 0 Å². The highest BCUT2D eigenvalue weighted by atomic mass is 79.9. The molecule has 2 amide bonds. The van der Waals surface area contributed by atoms with Crippen LogP contribution in [0.15, 0.2) is 69.6 Å². The number of hydrogen-bond acceptors (Lipinski definition) is 5. The number of anilines is 1. The molecule has 10 heteroatoms. The lowest BCUT2D eigenvalue weighted by Crippen LogP contribution is -2.24. The molecule has 0 saturated heterocycles. The predicted molar refractivity (Wildman–Crippen MR) is 185 cm³/mol. The largest absolute Gasteiger partial charge is 0.494 e. The molecule has 4 N–H and O–H groups in total. The zero-order valence-electron chi connectivity index (χ0n) is 25.2. The third kappa shape index (κ3) is 10.5. The van der Waals surface area contributed by atoms with Crippen molar-refractivity contribution < 1.29 is 19.4 Å². The van der Waals surface area contributed by atoms with Crippen LogP contribution in [0.5, 0.6) is 5.75 Å². The minimum atomic E-state index is -0.596. The number of aliphatic hydroxyl groups is 1. The van der Waals surface area contributed by atoms with Gasteiger partial charge in [0.2, 0.25) is 11.8 Å². The lowest BCUT2D eigenvalue weighted by Gasteiger charge is -2.16. The van der Waals surface area contributed by atoms with Crippen LogP contribution in [0.4, 0.5) is 5.69 Å². The number of unbranched alkanes of at least 4 members (excludes halogenated alkanes) is 4. The topological polar surface area (TPSA) is 105 Å². The Morgan fingerprint density at radius 2 is 1.50 bits per heavy atom. The average Bonchev–Trinajstić information content (AvgIpc) is 3.28. The van der Waals surface area contributed by atoms with Crippen molar-refractivity contribution in [2.24, 2.45) is 0 Å². The van der Waals surface area contributed by atoms with E-state index >= 15 is 0 Å². The number of ether oxygens (including phenoxy) is 1. The molecule has 4 rings (SSSR count). The molecular formula is C34H42Br2N4O4.